The lowest BCUT2D eigenvalue weighted by Gasteiger charge is -2.21. The summed E-state index contributed by atoms with van der Waals surface area (Å²) in [6.45, 7) is 1.31. The minimum Gasteiger partial charge on any atom is -0.390 e. The fraction of sp³-hybridized carbons (Fsp3) is 0.462. The molecule has 0 aliphatic rings. The van der Waals surface area contributed by atoms with E-state index < -0.39 is 35.3 Å². The summed E-state index contributed by atoms with van der Waals surface area (Å²) in [6, 6.07) is 1.85. The normalized spacial score (nSPS) is 14.8. The molecule has 0 spiro atoms. The largest absolute Gasteiger partial charge is 0.416 e. The number of alkyl halides is 3. The van der Waals surface area contributed by atoms with E-state index in [9.17, 15) is 32.6 Å². The molecule has 0 heterocycles. The number of benzene rings is 1. The number of thioether (sulfide) groups is 1. The van der Waals surface area contributed by atoms with E-state index in [-0.39, 0.29) is 23.4 Å². The number of carbonyl (C=O) groups is 1. The van der Waals surface area contributed by atoms with Crippen LogP contribution in [0.4, 0.5) is 17.6 Å². The van der Waals surface area contributed by atoms with Gasteiger partial charge in [-0.25, -0.2) is 4.39 Å². The van der Waals surface area contributed by atoms with Crippen LogP contribution in [0.25, 0.3) is 0 Å². The molecule has 1 aromatic carbocycles. The number of hydrogen-bond donors (Lipinski definition) is 2. The highest BCUT2D eigenvalue weighted by Gasteiger charge is 2.36. The first-order valence-corrected chi connectivity index (χ1v) is 6.97. The molecule has 21 heavy (non-hydrogen) atoms. The molecular formula is C13H14F4O3S. The molecule has 2 atom stereocenters. The van der Waals surface area contributed by atoms with Gasteiger partial charge in [0.1, 0.15) is 11.9 Å². The van der Waals surface area contributed by atoms with Gasteiger partial charge in [-0.2, -0.15) is 13.2 Å². The monoisotopic (exact) mass is 326 g/mol. The standard InChI is InChI=1S/C13H14F4O3S/c1-7(18)21-5-4-11(19)12(20)9-3-2-8(14)6-10(9)13(15,16)17/h2-3,6,11-12,19-20H,4-5H2,1H3. The number of rotatable bonds is 5. The highest BCUT2D eigenvalue weighted by Crippen LogP contribution is 2.36. The third kappa shape index (κ3) is 5.29. The summed E-state index contributed by atoms with van der Waals surface area (Å²) in [4.78, 5) is 10.7. The van der Waals surface area contributed by atoms with E-state index in [0.29, 0.717) is 0 Å². The molecule has 0 bridgehead atoms. The van der Waals surface area contributed by atoms with E-state index in [4.69, 9.17) is 0 Å². The molecule has 0 saturated carbocycles. The maximum absolute atomic E-state index is 12.9. The number of hydrogen-bond acceptors (Lipinski definition) is 4. The van der Waals surface area contributed by atoms with E-state index in [1.54, 1.807) is 0 Å². The summed E-state index contributed by atoms with van der Waals surface area (Å²) in [5.41, 5.74) is -1.92. The average molecular weight is 326 g/mol. The first kappa shape index (κ1) is 17.9. The molecule has 118 valence electrons. The van der Waals surface area contributed by atoms with Crippen LogP contribution in [-0.4, -0.2) is 27.2 Å². The van der Waals surface area contributed by atoms with E-state index >= 15 is 0 Å². The maximum Gasteiger partial charge on any atom is 0.416 e. The Balaban J connectivity index is 2.91. The number of aliphatic hydroxyl groups excluding tert-OH is 2. The predicted octanol–water partition coefficient (Wildman–Crippen LogP) is 2.91. The van der Waals surface area contributed by atoms with Crippen LogP contribution in [0.1, 0.15) is 30.6 Å². The lowest BCUT2D eigenvalue weighted by molar-refractivity contribution is -0.140. The molecule has 1 aromatic rings. The van der Waals surface area contributed by atoms with E-state index in [1.165, 1.54) is 6.92 Å². The molecule has 0 aromatic heterocycles. The summed E-state index contributed by atoms with van der Waals surface area (Å²) in [7, 11) is 0. The van der Waals surface area contributed by atoms with Crippen molar-refractivity contribution in [2.75, 3.05) is 5.75 Å². The molecule has 0 amide bonds. The van der Waals surface area contributed by atoms with Gasteiger partial charge in [0.25, 0.3) is 0 Å². The number of carbonyl (C=O) groups excluding carboxylic acids is 1. The minimum absolute atomic E-state index is 0.0694. The second-order valence-corrected chi connectivity index (χ2v) is 5.64. The Morgan fingerprint density at radius 3 is 2.48 bits per heavy atom. The highest BCUT2D eigenvalue weighted by atomic mass is 32.2. The lowest BCUT2D eigenvalue weighted by atomic mass is 9.97. The summed E-state index contributed by atoms with van der Waals surface area (Å²) in [6.07, 6.45) is -8.20. The molecule has 0 fully saturated rings. The van der Waals surface area contributed by atoms with Crippen LogP contribution in [0, 0.1) is 5.82 Å². The molecule has 3 nitrogen and oxygen atoms in total. The molecule has 2 N–H and O–H groups in total. The van der Waals surface area contributed by atoms with Crippen molar-refractivity contribution < 1.29 is 32.6 Å². The number of halogens is 4. The van der Waals surface area contributed by atoms with Gasteiger partial charge < -0.3 is 10.2 Å². The van der Waals surface area contributed by atoms with E-state index in [0.717, 1.165) is 23.9 Å². The van der Waals surface area contributed by atoms with Gasteiger partial charge in [0.15, 0.2) is 5.12 Å². The van der Waals surface area contributed by atoms with Gasteiger partial charge in [0, 0.05) is 12.7 Å². The highest BCUT2D eigenvalue weighted by molar-refractivity contribution is 8.13. The number of aliphatic hydroxyl groups is 2. The van der Waals surface area contributed by atoms with Gasteiger partial charge in [-0.05, 0) is 24.1 Å². The Morgan fingerprint density at radius 1 is 1.33 bits per heavy atom. The Morgan fingerprint density at radius 2 is 1.95 bits per heavy atom. The third-order valence-electron chi connectivity index (χ3n) is 2.72. The van der Waals surface area contributed by atoms with Crippen molar-refractivity contribution >= 4 is 16.9 Å². The second-order valence-electron chi connectivity index (χ2n) is 4.37. The third-order valence-corrected chi connectivity index (χ3v) is 3.57. The van der Waals surface area contributed by atoms with Crippen LogP contribution in [0.2, 0.25) is 0 Å². The van der Waals surface area contributed by atoms with Crippen LogP contribution in [0.3, 0.4) is 0 Å². The second kappa shape index (κ2) is 7.24. The zero-order valence-corrected chi connectivity index (χ0v) is 11.8. The van der Waals surface area contributed by atoms with Crippen LogP contribution in [0.5, 0.6) is 0 Å². The van der Waals surface area contributed by atoms with Crippen molar-refractivity contribution in [2.24, 2.45) is 0 Å². The van der Waals surface area contributed by atoms with Gasteiger partial charge in [-0.15, -0.1) is 0 Å². The average Bonchev–Trinajstić information content (AvgIpc) is 2.36. The molecule has 0 radical (unpaired) electrons. The van der Waals surface area contributed by atoms with Crippen molar-refractivity contribution in [3.8, 4) is 0 Å². The van der Waals surface area contributed by atoms with E-state index in [1.807, 2.05) is 0 Å². The van der Waals surface area contributed by atoms with Gasteiger partial charge in [-0.1, -0.05) is 17.8 Å². The fourth-order valence-corrected chi connectivity index (χ4v) is 2.37. The summed E-state index contributed by atoms with van der Waals surface area (Å²) in [5.74, 6) is -0.921. The molecule has 2 unspecified atom stereocenters. The van der Waals surface area contributed by atoms with Crippen LogP contribution < -0.4 is 0 Å². The molecule has 0 aliphatic heterocycles. The van der Waals surface area contributed by atoms with Gasteiger partial charge in [0.2, 0.25) is 0 Å². The SMILES string of the molecule is CC(=O)SCCC(O)C(O)c1ccc(F)cc1C(F)(F)F. The summed E-state index contributed by atoms with van der Waals surface area (Å²) >= 11 is 0.892. The first-order chi connectivity index (χ1) is 9.62. The van der Waals surface area contributed by atoms with Gasteiger partial charge in [-0.3, -0.25) is 4.79 Å². The van der Waals surface area contributed by atoms with Gasteiger partial charge in [0.05, 0.1) is 11.7 Å². The predicted molar refractivity (Wildman–Crippen MR) is 70.1 cm³/mol. The fourth-order valence-electron chi connectivity index (χ4n) is 1.72. The van der Waals surface area contributed by atoms with Crippen LogP contribution >= 0.6 is 11.8 Å². The minimum atomic E-state index is -4.84. The molecular weight excluding hydrogens is 312 g/mol. The Kier molecular flexibility index (Phi) is 6.18. The van der Waals surface area contributed by atoms with Gasteiger partial charge >= 0.3 is 6.18 Å². The van der Waals surface area contributed by atoms with E-state index in [2.05, 4.69) is 0 Å². The Hall–Kier alpha value is -1.12. The van der Waals surface area contributed by atoms with Crippen molar-refractivity contribution in [1.29, 1.82) is 0 Å². The first-order valence-electron chi connectivity index (χ1n) is 5.99. The molecule has 8 heteroatoms. The van der Waals surface area contributed by atoms with Crippen molar-refractivity contribution in [3.63, 3.8) is 0 Å². The lowest BCUT2D eigenvalue weighted by Crippen LogP contribution is -2.22. The molecule has 0 aliphatic carbocycles. The van der Waals surface area contributed by atoms with Crippen molar-refractivity contribution in [1.82, 2.24) is 0 Å². The maximum atomic E-state index is 12.9. The zero-order chi connectivity index (χ0) is 16.2. The van der Waals surface area contributed by atoms with Crippen LogP contribution in [0.15, 0.2) is 18.2 Å². The van der Waals surface area contributed by atoms with Crippen molar-refractivity contribution in [3.05, 3.63) is 35.1 Å². The Bertz CT molecular complexity index is 505. The molecule has 1 rings (SSSR count). The Labute approximate surface area is 123 Å². The quantitative estimate of drug-likeness (QED) is 0.817. The summed E-state index contributed by atoms with van der Waals surface area (Å²) in [5, 5.41) is 19.3. The zero-order valence-electron chi connectivity index (χ0n) is 11.0. The van der Waals surface area contributed by atoms with Crippen LogP contribution in [-0.2, 0) is 11.0 Å². The summed E-state index contributed by atoms with van der Waals surface area (Å²) < 4.78 is 51.4. The smallest absolute Gasteiger partial charge is 0.390 e. The van der Waals surface area contributed by atoms with Crippen molar-refractivity contribution in [2.45, 2.75) is 31.7 Å². The topological polar surface area (TPSA) is 57.5 Å². The molecule has 0 saturated heterocycles.